The number of nitrogens with zero attached hydrogens (tertiary/aromatic N) is 2. The van der Waals surface area contributed by atoms with E-state index >= 15 is 0 Å². The van der Waals surface area contributed by atoms with Crippen molar-refractivity contribution in [2.24, 2.45) is 5.16 Å². The molecule has 230 valence electrons. The van der Waals surface area contributed by atoms with Gasteiger partial charge in [0.25, 0.3) is 5.56 Å². The Kier molecular flexibility index (Phi) is 10.5. The SMILES string of the molecule is Cc1cn([C@@H]2O[C@](CC/C=N/OCc3ccccc3)(COCc3ccccc3)[C@@H](OCc3ccccc3)[C@H]2O)c(=O)[nH]c1=O. The number of aromatic nitrogens is 2. The summed E-state index contributed by atoms with van der Waals surface area (Å²) in [6.45, 7) is 2.49. The number of aliphatic hydroxyl groups is 1. The highest BCUT2D eigenvalue weighted by Gasteiger charge is 2.56. The van der Waals surface area contributed by atoms with Crippen LogP contribution < -0.4 is 11.2 Å². The molecule has 1 saturated heterocycles. The number of aliphatic hydroxyl groups excluding tert-OH is 1. The Balaban J connectivity index is 1.40. The Morgan fingerprint density at radius 2 is 1.50 bits per heavy atom. The lowest BCUT2D eigenvalue weighted by Crippen LogP contribution is -2.48. The molecule has 1 aromatic heterocycles. The quantitative estimate of drug-likeness (QED) is 0.164. The molecule has 3 aromatic carbocycles. The van der Waals surface area contributed by atoms with Gasteiger partial charge in [0.05, 0.1) is 19.8 Å². The predicted octanol–water partition coefficient (Wildman–Crippen LogP) is 4.26. The largest absolute Gasteiger partial charge is 0.391 e. The predicted molar refractivity (Wildman–Crippen MR) is 165 cm³/mol. The second-order valence-electron chi connectivity index (χ2n) is 10.8. The summed E-state index contributed by atoms with van der Waals surface area (Å²) < 4.78 is 20.4. The van der Waals surface area contributed by atoms with E-state index in [9.17, 15) is 14.7 Å². The van der Waals surface area contributed by atoms with Crippen LogP contribution in [0.4, 0.5) is 0 Å². The van der Waals surface area contributed by atoms with Crippen LogP contribution in [0.15, 0.2) is 112 Å². The summed E-state index contributed by atoms with van der Waals surface area (Å²) in [6, 6.07) is 29.0. The Labute approximate surface area is 255 Å². The molecule has 5 rings (SSSR count). The van der Waals surface area contributed by atoms with Crippen molar-refractivity contribution in [3.63, 3.8) is 0 Å². The summed E-state index contributed by atoms with van der Waals surface area (Å²) in [6.07, 6.45) is 0.510. The molecule has 0 spiro atoms. The van der Waals surface area contributed by atoms with Crippen molar-refractivity contribution in [3.8, 4) is 0 Å². The first kappa shape index (κ1) is 31.1. The molecule has 1 aliphatic rings. The Morgan fingerprint density at radius 1 is 0.909 bits per heavy atom. The zero-order valence-electron chi connectivity index (χ0n) is 24.6. The minimum absolute atomic E-state index is 0.0602. The standard InChI is InChI=1S/C34H37N3O7/c1-25-20-37(33(40)36-31(25)39)32-29(38)30(42-22-27-14-7-3-8-15-27)34(44-32,24-41-21-26-12-5-2-6-13-26)18-11-19-35-43-23-28-16-9-4-10-17-28/h2-10,12-17,19-20,29-30,32,38H,11,18,21-24H2,1H3,(H,36,39,40)/b35-19+/t29-,30+,32-,34-/m1/s1. The zero-order chi connectivity index (χ0) is 30.8. The van der Waals surface area contributed by atoms with E-state index in [0.29, 0.717) is 31.6 Å². The Morgan fingerprint density at radius 3 is 2.14 bits per heavy atom. The van der Waals surface area contributed by atoms with Crippen LogP contribution >= 0.6 is 0 Å². The molecule has 1 fully saturated rings. The number of rotatable bonds is 14. The summed E-state index contributed by atoms with van der Waals surface area (Å²) in [5, 5.41) is 15.8. The van der Waals surface area contributed by atoms with Crippen molar-refractivity contribution >= 4 is 6.21 Å². The summed E-state index contributed by atoms with van der Waals surface area (Å²) in [5.74, 6) is 0. The van der Waals surface area contributed by atoms with Crippen LogP contribution in [0.1, 0.15) is 41.3 Å². The topological polar surface area (TPSA) is 124 Å². The summed E-state index contributed by atoms with van der Waals surface area (Å²) >= 11 is 0. The second-order valence-corrected chi connectivity index (χ2v) is 10.8. The van der Waals surface area contributed by atoms with E-state index in [1.54, 1.807) is 13.1 Å². The van der Waals surface area contributed by atoms with Crippen molar-refractivity contribution in [1.82, 2.24) is 9.55 Å². The van der Waals surface area contributed by atoms with E-state index in [1.165, 1.54) is 10.8 Å². The normalized spacial score (nSPS) is 21.5. The molecular formula is C34H37N3O7. The van der Waals surface area contributed by atoms with Crippen LogP contribution in [0.5, 0.6) is 0 Å². The fourth-order valence-corrected chi connectivity index (χ4v) is 5.25. The number of benzene rings is 3. The second kappa shape index (κ2) is 14.9. The molecule has 2 heterocycles. The molecule has 2 N–H and O–H groups in total. The lowest BCUT2D eigenvalue weighted by Gasteiger charge is -2.34. The van der Waals surface area contributed by atoms with E-state index in [4.69, 9.17) is 19.0 Å². The number of ether oxygens (including phenoxy) is 3. The molecule has 4 aromatic rings. The molecule has 0 radical (unpaired) electrons. The third kappa shape index (κ3) is 7.78. The highest BCUT2D eigenvalue weighted by Crippen LogP contribution is 2.42. The molecule has 10 nitrogen and oxygen atoms in total. The third-order valence-corrected chi connectivity index (χ3v) is 7.55. The average molecular weight is 600 g/mol. The molecule has 1 aliphatic heterocycles. The highest BCUT2D eigenvalue weighted by molar-refractivity contribution is 5.56. The molecule has 0 unspecified atom stereocenters. The average Bonchev–Trinajstić information content (AvgIpc) is 3.31. The first-order chi connectivity index (χ1) is 21.4. The van der Waals surface area contributed by atoms with E-state index in [1.807, 2.05) is 91.0 Å². The van der Waals surface area contributed by atoms with Gasteiger partial charge in [0.2, 0.25) is 0 Å². The number of aromatic amines is 1. The number of aryl methyl sites for hydroxylation is 1. The van der Waals surface area contributed by atoms with E-state index in [0.717, 1.165) is 16.7 Å². The monoisotopic (exact) mass is 599 g/mol. The lowest BCUT2D eigenvalue weighted by atomic mass is 9.90. The van der Waals surface area contributed by atoms with Gasteiger partial charge in [-0.1, -0.05) is 96.2 Å². The van der Waals surface area contributed by atoms with Crippen molar-refractivity contribution in [1.29, 1.82) is 0 Å². The molecule has 0 amide bonds. The van der Waals surface area contributed by atoms with E-state index in [-0.39, 0.29) is 13.2 Å². The van der Waals surface area contributed by atoms with Gasteiger partial charge in [0, 0.05) is 18.0 Å². The molecular weight excluding hydrogens is 562 g/mol. The minimum Gasteiger partial charge on any atom is -0.391 e. The van der Waals surface area contributed by atoms with Gasteiger partial charge in [-0.3, -0.25) is 14.3 Å². The summed E-state index contributed by atoms with van der Waals surface area (Å²) in [4.78, 5) is 32.7. The Hall–Kier alpha value is -4.35. The van der Waals surface area contributed by atoms with Crippen molar-refractivity contribution in [3.05, 3.63) is 140 Å². The maximum Gasteiger partial charge on any atom is 0.330 e. The number of H-pyrrole nitrogens is 1. The number of nitrogens with one attached hydrogen (secondary N) is 1. The van der Waals surface area contributed by atoms with Crippen molar-refractivity contribution in [2.45, 2.75) is 63.6 Å². The fourth-order valence-electron chi connectivity index (χ4n) is 5.25. The number of hydrogen-bond acceptors (Lipinski definition) is 8. The van der Waals surface area contributed by atoms with Crippen LogP contribution in [-0.2, 0) is 38.9 Å². The smallest absolute Gasteiger partial charge is 0.330 e. The van der Waals surface area contributed by atoms with Gasteiger partial charge < -0.3 is 24.2 Å². The van der Waals surface area contributed by atoms with Crippen LogP contribution in [0.25, 0.3) is 0 Å². The van der Waals surface area contributed by atoms with Gasteiger partial charge in [-0.15, -0.1) is 0 Å². The van der Waals surface area contributed by atoms with E-state index < -0.39 is 35.3 Å². The van der Waals surface area contributed by atoms with Crippen LogP contribution in [0.2, 0.25) is 0 Å². The van der Waals surface area contributed by atoms with Crippen LogP contribution in [0.3, 0.4) is 0 Å². The van der Waals surface area contributed by atoms with Gasteiger partial charge in [-0.2, -0.15) is 0 Å². The first-order valence-corrected chi connectivity index (χ1v) is 14.6. The van der Waals surface area contributed by atoms with Crippen molar-refractivity contribution < 1.29 is 24.2 Å². The summed E-state index contributed by atoms with van der Waals surface area (Å²) in [5.41, 5.74) is 0.822. The number of oxime groups is 1. The molecule has 0 aliphatic carbocycles. The van der Waals surface area contributed by atoms with Gasteiger partial charge in [-0.05, 0) is 36.5 Å². The molecule has 4 atom stereocenters. The van der Waals surface area contributed by atoms with E-state index in [2.05, 4.69) is 10.1 Å². The van der Waals surface area contributed by atoms with Crippen LogP contribution in [-0.4, -0.2) is 45.3 Å². The highest BCUT2D eigenvalue weighted by atomic mass is 16.6. The van der Waals surface area contributed by atoms with Gasteiger partial charge in [0.15, 0.2) is 6.23 Å². The molecule has 10 heteroatoms. The fraction of sp³-hybridized carbons (Fsp3) is 0.324. The van der Waals surface area contributed by atoms with Gasteiger partial charge in [0.1, 0.15) is 24.4 Å². The van der Waals surface area contributed by atoms with Crippen molar-refractivity contribution in [2.75, 3.05) is 6.61 Å². The number of hydrogen-bond donors (Lipinski definition) is 2. The molecule has 0 bridgehead atoms. The molecule has 44 heavy (non-hydrogen) atoms. The first-order valence-electron chi connectivity index (χ1n) is 14.6. The Bertz CT molecular complexity index is 1610. The third-order valence-electron chi connectivity index (χ3n) is 7.55. The summed E-state index contributed by atoms with van der Waals surface area (Å²) in [7, 11) is 0. The maximum absolute atomic E-state index is 12.9. The lowest BCUT2D eigenvalue weighted by molar-refractivity contribution is -0.160. The van der Waals surface area contributed by atoms with Crippen LogP contribution in [0, 0.1) is 6.92 Å². The van der Waals surface area contributed by atoms with Gasteiger partial charge in [-0.25, -0.2) is 4.79 Å². The zero-order valence-corrected chi connectivity index (χ0v) is 24.6. The molecule has 0 saturated carbocycles. The minimum atomic E-state index is -1.26. The maximum atomic E-state index is 12.9. The van der Waals surface area contributed by atoms with Gasteiger partial charge >= 0.3 is 5.69 Å².